The van der Waals surface area contributed by atoms with E-state index in [9.17, 15) is 8.78 Å². The zero-order valence-electron chi connectivity index (χ0n) is 8.68. The minimum absolute atomic E-state index is 0.0930. The van der Waals surface area contributed by atoms with Crippen molar-refractivity contribution in [2.75, 3.05) is 0 Å². The molecule has 0 amide bonds. The van der Waals surface area contributed by atoms with Crippen LogP contribution in [0, 0.1) is 0 Å². The Balaban J connectivity index is 2.69. The highest BCUT2D eigenvalue weighted by atomic mass is 79.9. The van der Waals surface area contributed by atoms with E-state index >= 15 is 0 Å². The quantitative estimate of drug-likeness (QED) is 0.884. The summed E-state index contributed by atoms with van der Waals surface area (Å²) in [7, 11) is 0. The third-order valence-electron chi connectivity index (χ3n) is 2.26. The standard InChI is InChI=1S/C11H14BrF2N/c1-7(15-8(2)11(13)14)9-5-3-4-6-10(9)12/h3-8,11,15H,1-2H3. The minimum atomic E-state index is -2.34. The summed E-state index contributed by atoms with van der Waals surface area (Å²) >= 11 is 3.40. The van der Waals surface area contributed by atoms with Crippen LogP contribution in [-0.4, -0.2) is 12.5 Å². The molecule has 2 unspecified atom stereocenters. The van der Waals surface area contributed by atoms with Crippen LogP contribution >= 0.6 is 15.9 Å². The molecule has 0 saturated heterocycles. The molecule has 0 radical (unpaired) electrons. The van der Waals surface area contributed by atoms with Crippen molar-refractivity contribution in [2.24, 2.45) is 0 Å². The van der Waals surface area contributed by atoms with Gasteiger partial charge in [-0.05, 0) is 25.5 Å². The van der Waals surface area contributed by atoms with E-state index < -0.39 is 12.5 Å². The summed E-state index contributed by atoms with van der Waals surface area (Å²) < 4.78 is 25.6. The van der Waals surface area contributed by atoms with Gasteiger partial charge >= 0.3 is 0 Å². The van der Waals surface area contributed by atoms with Crippen molar-refractivity contribution < 1.29 is 8.78 Å². The van der Waals surface area contributed by atoms with Gasteiger partial charge in [-0.2, -0.15) is 0 Å². The van der Waals surface area contributed by atoms with Gasteiger partial charge in [0.05, 0.1) is 6.04 Å². The van der Waals surface area contributed by atoms with Crippen LogP contribution in [0.15, 0.2) is 28.7 Å². The molecule has 2 atom stereocenters. The van der Waals surface area contributed by atoms with E-state index in [1.807, 2.05) is 31.2 Å². The zero-order valence-corrected chi connectivity index (χ0v) is 10.3. The van der Waals surface area contributed by atoms with Gasteiger partial charge in [0.1, 0.15) is 0 Å². The Hall–Kier alpha value is -0.480. The van der Waals surface area contributed by atoms with Gasteiger partial charge in [-0.15, -0.1) is 0 Å². The molecule has 0 spiro atoms. The van der Waals surface area contributed by atoms with Gasteiger partial charge in [0.25, 0.3) is 6.43 Å². The second kappa shape index (κ2) is 5.56. The fourth-order valence-electron chi connectivity index (χ4n) is 1.38. The fraction of sp³-hybridized carbons (Fsp3) is 0.455. The lowest BCUT2D eigenvalue weighted by atomic mass is 10.1. The fourth-order valence-corrected chi connectivity index (χ4v) is 2.01. The van der Waals surface area contributed by atoms with Crippen molar-refractivity contribution >= 4 is 15.9 Å². The molecule has 0 aliphatic rings. The second-order valence-corrected chi connectivity index (χ2v) is 4.39. The van der Waals surface area contributed by atoms with Crippen molar-refractivity contribution in [2.45, 2.75) is 32.4 Å². The molecule has 84 valence electrons. The minimum Gasteiger partial charge on any atom is -0.302 e. The molecule has 0 aliphatic heterocycles. The monoisotopic (exact) mass is 277 g/mol. The summed E-state index contributed by atoms with van der Waals surface area (Å²) in [5.41, 5.74) is 0.991. The summed E-state index contributed by atoms with van der Waals surface area (Å²) in [6.07, 6.45) is -2.34. The lowest BCUT2D eigenvalue weighted by Gasteiger charge is -2.20. The Kier molecular flexibility index (Phi) is 4.67. The molecule has 0 saturated carbocycles. The van der Waals surface area contributed by atoms with E-state index in [2.05, 4.69) is 21.2 Å². The smallest absolute Gasteiger partial charge is 0.253 e. The first-order chi connectivity index (χ1) is 7.02. The van der Waals surface area contributed by atoms with E-state index in [4.69, 9.17) is 0 Å². The first-order valence-electron chi connectivity index (χ1n) is 4.81. The molecular weight excluding hydrogens is 264 g/mol. The number of hydrogen-bond acceptors (Lipinski definition) is 1. The highest BCUT2D eigenvalue weighted by Crippen LogP contribution is 2.23. The molecule has 0 fully saturated rings. The molecule has 0 aromatic heterocycles. The Morgan fingerprint density at radius 2 is 1.80 bits per heavy atom. The maximum Gasteiger partial charge on any atom is 0.253 e. The maximum absolute atomic E-state index is 12.3. The van der Waals surface area contributed by atoms with E-state index in [-0.39, 0.29) is 6.04 Å². The van der Waals surface area contributed by atoms with Crippen LogP contribution in [0.3, 0.4) is 0 Å². The number of nitrogens with one attached hydrogen (secondary N) is 1. The average molecular weight is 278 g/mol. The topological polar surface area (TPSA) is 12.0 Å². The molecule has 1 aromatic rings. The molecule has 1 rings (SSSR count). The highest BCUT2D eigenvalue weighted by molar-refractivity contribution is 9.10. The summed E-state index contributed by atoms with van der Waals surface area (Å²) in [4.78, 5) is 0. The van der Waals surface area contributed by atoms with Crippen LogP contribution in [-0.2, 0) is 0 Å². The van der Waals surface area contributed by atoms with Gasteiger partial charge in [0, 0.05) is 10.5 Å². The van der Waals surface area contributed by atoms with Crippen LogP contribution in [0.5, 0.6) is 0 Å². The lowest BCUT2D eigenvalue weighted by Crippen LogP contribution is -2.34. The van der Waals surface area contributed by atoms with Crippen molar-refractivity contribution in [1.29, 1.82) is 0 Å². The van der Waals surface area contributed by atoms with Crippen molar-refractivity contribution in [1.82, 2.24) is 5.32 Å². The van der Waals surface area contributed by atoms with Gasteiger partial charge in [0.15, 0.2) is 0 Å². The SMILES string of the molecule is CC(NC(C)C(F)F)c1ccccc1Br. The van der Waals surface area contributed by atoms with Crippen molar-refractivity contribution in [3.8, 4) is 0 Å². The predicted octanol–water partition coefficient (Wildman–Crippen LogP) is 3.75. The molecule has 4 heteroatoms. The van der Waals surface area contributed by atoms with E-state index in [1.165, 1.54) is 6.92 Å². The van der Waals surface area contributed by atoms with Gasteiger partial charge in [-0.3, -0.25) is 0 Å². The Morgan fingerprint density at radius 1 is 1.20 bits per heavy atom. The Morgan fingerprint density at radius 3 is 2.33 bits per heavy atom. The third kappa shape index (κ3) is 3.54. The molecule has 1 N–H and O–H groups in total. The number of rotatable bonds is 4. The number of alkyl halides is 2. The normalized spacial score (nSPS) is 15.3. The van der Waals surface area contributed by atoms with E-state index in [0.29, 0.717) is 0 Å². The average Bonchev–Trinajstić information content (AvgIpc) is 2.18. The summed E-state index contributed by atoms with van der Waals surface area (Å²) in [6.45, 7) is 3.36. The van der Waals surface area contributed by atoms with E-state index in [0.717, 1.165) is 10.0 Å². The number of hydrogen-bond donors (Lipinski definition) is 1. The van der Waals surface area contributed by atoms with Gasteiger partial charge in [-0.1, -0.05) is 34.1 Å². The first kappa shape index (κ1) is 12.6. The summed E-state index contributed by atoms with van der Waals surface area (Å²) in [6, 6.07) is 6.72. The largest absolute Gasteiger partial charge is 0.302 e. The predicted molar refractivity (Wildman–Crippen MR) is 61.2 cm³/mol. The van der Waals surface area contributed by atoms with Crippen LogP contribution in [0.25, 0.3) is 0 Å². The maximum atomic E-state index is 12.3. The third-order valence-corrected chi connectivity index (χ3v) is 2.98. The summed E-state index contributed by atoms with van der Waals surface area (Å²) in [5, 5.41) is 2.86. The molecule has 1 aromatic carbocycles. The van der Waals surface area contributed by atoms with Gasteiger partial charge < -0.3 is 5.32 Å². The van der Waals surface area contributed by atoms with Crippen molar-refractivity contribution in [3.63, 3.8) is 0 Å². The van der Waals surface area contributed by atoms with Crippen molar-refractivity contribution in [3.05, 3.63) is 34.3 Å². The summed E-state index contributed by atoms with van der Waals surface area (Å²) in [5.74, 6) is 0. The Bertz CT molecular complexity index is 317. The number of halogens is 3. The van der Waals surface area contributed by atoms with E-state index in [1.54, 1.807) is 0 Å². The highest BCUT2D eigenvalue weighted by Gasteiger charge is 2.18. The zero-order chi connectivity index (χ0) is 11.4. The van der Waals surface area contributed by atoms with Gasteiger partial charge in [0.2, 0.25) is 0 Å². The van der Waals surface area contributed by atoms with Crippen LogP contribution < -0.4 is 5.32 Å². The molecule has 15 heavy (non-hydrogen) atoms. The molecular formula is C11H14BrF2N. The lowest BCUT2D eigenvalue weighted by molar-refractivity contribution is 0.101. The second-order valence-electron chi connectivity index (χ2n) is 3.53. The molecule has 0 bridgehead atoms. The van der Waals surface area contributed by atoms with Crippen LogP contribution in [0.4, 0.5) is 8.78 Å². The Labute approximate surface area is 97.0 Å². The molecule has 0 heterocycles. The van der Waals surface area contributed by atoms with Gasteiger partial charge in [-0.25, -0.2) is 8.78 Å². The molecule has 1 nitrogen and oxygen atoms in total. The van der Waals surface area contributed by atoms with Crippen LogP contribution in [0.2, 0.25) is 0 Å². The molecule has 0 aliphatic carbocycles. The number of benzene rings is 1. The van der Waals surface area contributed by atoms with Crippen LogP contribution in [0.1, 0.15) is 25.5 Å². The first-order valence-corrected chi connectivity index (χ1v) is 5.60.